The molecule has 0 heterocycles. The number of rotatable bonds is 8. The van der Waals surface area contributed by atoms with E-state index >= 15 is 0 Å². The quantitative estimate of drug-likeness (QED) is 0.588. The van der Waals surface area contributed by atoms with E-state index in [1.807, 2.05) is 0 Å². The molecule has 0 aromatic heterocycles. The molecule has 0 aliphatic carbocycles. The van der Waals surface area contributed by atoms with Gasteiger partial charge in [0.05, 0.1) is 13.7 Å². The summed E-state index contributed by atoms with van der Waals surface area (Å²) >= 11 is 0. The molecule has 1 aromatic rings. The van der Waals surface area contributed by atoms with E-state index in [0.717, 1.165) is 18.4 Å². The van der Waals surface area contributed by atoms with Crippen molar-refractivity contribution in [2.75, 3.05) is 13.7 Å². The Morgan fingerprint density at radius 1 is 1.40 bits per heavy atom. The highest BCUT2D eigenvalue weighted by molar-refractivity contribution is 5.69. The number of methoxy groups -OCH3 is 1. The van der Waals surface area contributed by atoms with Crippen LogP contribution in [0.25, 0.3) is 0 Å². The topological polar surface area (TPSA) is 61.5 Å². The monoisotopic (exact) mass is 283 g/mol. The number of carbonyl (C=O) groups is 1. The number of benzene rings is 1. The lowest BCUT2D eigenvalue weighted by Crippen LogP contribution is -2.11. The van der Waals surface area contributed by atoms with Gasteiger partial charge in [0.25, 0.3) is 0 Å². The van der Waals surface area contributed by atoms with Crippen LogP contribution in [-0.4, -0.2) is 19.7 Å². The average molecular weight is 283 g/mol. The number of hydrogen-bond donors (Lipinski definition) is 1. The third kappa shape index (κ3) is 5.17. The lowest BCUT2D eigenvalue weighted by molar-refractivity contribution is -0.143. The fraction of sp³-hybridized carbons (Fsp3) is 0.533. The van der Waals surface area contributed by atoms with Gasteiger partial charge in [0.2, 0.25) is 0 Å². The van der Waals surface area contributed by atoms with E-state index in [2.05, 4.69) is 0 Å². The van der Waals surface area contributed by atoms with Crippen molar-refractivity contribution in [3.8, 4) is 5.75 Å². The molecule has 0 saturated heterocycles. The van der Waals surface area contributed by atoms with Gasteiger partial charge >= 0.3 is 5.97 Å². The molecule has 0 bridgehead atoms. The van der Waals surface area contributed by atoms with Gasteiger partial charge in [-0.05, 0) is 37.5 Å². The molecule has 4 nitrogen and oxygen atoms in total. The summed E-state index contributed by atoms with van der Waals surface area (Å²) in [6.45, 7) is 2.19. The average Bonchev–Trinajstić information content (AvgIpc) is 2.43. The first-order valence-corrected chi connectivity index (χ1v) is 6.83. The van der Waals surface area contributed by atoms with E-state index in [9.17, 15) is 9.18 Å². The Bertz CT molecular complexity index is 437. The molecule has 5 heteroatoms. The molecule has 0 fully saturated rings. The van der Waals surface area contributed by atoms with Gasteiger partial charge < -0.3 is 15.2 Å². The first-order valence-electron chi connectivity index (χ1n) is 6.83. The van der Waals surface area contributed by atoms with Crippen LogP contribution in [-0.2, 0) is 9.53 Å². The van der Waals surface area contributed by atoms with Gasteiger partial charge in [0.1, 0.15) is 0 Å². The molecule has 1 rings (SSSR count). The number of halogens is 1. The molecular weight excluding hydrogens is 261 g/mol. The molecule has 0 aliphatic rings. The van der Waals surface area contributed by atoms with Crippen molar-refractivity contribution in [1.82, 2.24) is 0 Å². The van der Waals surface area contributed by atoms with Crippen LogP contribution in [0.2, 0.25) is 0 Å². The van der Waals surface area contributed by atoms with Crippen molar-refractivity contribution in [3.05, 3.63) is 29.6 Å². The summed E-state index contributed by atoms with van der Waals surface area (Å²) in [5.74, 6) is -0.383. The zero-order valence-electron chi connectivity index (χ0n) is 12.0. The Hall–Kier alpha value is -1.62. The Labute approximate surface area is 119 Å². The van der Waals surface area contributed by atoms with Gasteiger partial charge in [-0.25, -0.2) is 4.39 Å². The van der Waals surface area contributed by atoms with Gasteiger partial charge in [0, 0.05) is 12.5 Å². The largest absolute Gasteiger partial charge is 0.494 e. The van der Waals surface area contributed by atoms with Crippen molar-refractivity contribution in [3.63, 3.8) is 0 Å². The molecule has 0 spiro atoms. The Morgan fingerprint density at radius 3 is 2.75 bits per heavy atom. The molecule has 0 radical (unpaired) electrons. The number of nitrogens with two attached hydrogens (primary N) is 1. The standard InChI is InChI=1S/C15H22FNO3/c1-3-20-15(18)7-5-4-6-13(17)11-8-9-14(19-2)12(16)10-11/h8-10,13H,3-7,17H2,1-2H3. The van der Waals surface area contributed by atoms with Crippen molar-refractivity contribution in [1.29, 1.82) is 0 Å². The van der Waals surface area contributed by atoms with E-state index in [1.54, 1.807) is 19.1 Å². The molecule has 1 atom stereocenters. The molecule has 0 amide bonds. The summed E-state index contributed by atoms with van der Waals surface area (Å²) in [5.41, 5.74) is 6.74. The minimum absolute atomic E-state index is 0.184. The van der Waals surface area contributed by atoms with Crippen LogP contribution >= 0.6 is 0 Å². The summed E-state index contributed by atoms with van der Waals surface area (Å²) in [7, 11) is 1.42. The fourth-order valence-electron chi connectivity index (χ4n) is 1.95. The Morgan fingerprint density at radius 2 is 2.15 bits per heavy atom. The number of ether oxygens (including phenoxy) is 2. The van der Waals surface area contributed by atoms with Gasteiger partial charge in [-0.3, -0.25) is 4.79 Å². The van der Waals surface area contributed by atoms with E-state index in [-0.39, 0.29) is 17.8 Å². The van der Waals surface area contributed by atoms with E-state index in [0.29, 0.717) is 19.4 Å². The van der Waals surface area contributed by atoms with Crippen molar-refractivity contribution >= 4 is 5.97 Å². The molecule has 112 valence electrons. The SMILES string of the molecule is CCOC(=O)CCCCC(N)c1ccc(OC)c(F)c1. The first-order chi connectivity index (χ1) is 9.58. The zero-order valence-corrected chi connectivity index (χ0v) is 12.0. The highest BCUT2D eigenvalue weighted by atomic mass is 19.1. The predicted molar refractivity (Wildman–Crippen MR) is 75.0 cm³/mol. The van der Waals surface area contributed by atoms with Crippen molar-refractivity contribution in [2.24, 2.45) is 5.73 Å². The van der Waals surface area contributed by atoms with Crippen LogP contribution in [0.4, 0.5) is 4.39 Å². The number of unbranched alkanes of at least 4 members (excludes halogenated alkanes) is 1. The summed E-state index contributed by atoms with van der Waals surface area (Å²) < 4.78 is 23.2. The number of hydrogen-bond acceptors (Lipinski definition) is 4. The zero-order chi connectivity index (χ0) is 15.0. The van der Waals surface area contributed by atoms with Crippen LogP contribution in [0.15, 0.2) is 18.2 Å². The molecule has 2 N–H and O–H groups in total. The summed E-state index contributed by atoms with van der Waals surface area (Å²) in [5, 5.41) is 0. The molecular formula is C15H22FNO3. The molecule has 0 saturated carbocycles. The second-order valence-corrected chi connectivity index (χ2v) is 4.55. The van der Waals surface area contributed by atoms with Crippen LogP contribution in [0, 0.1) is 5.82 Å². The first kappa shape index (κ1) is 16.4. The van der Waals surface area contributed by atoms with Crippen LogP contribution in [0.5, 0.6) is 5.75 Å². The molecule has 20 heavy (non-hydrogen) atoms. The van der Waals surface area contributed by atoms with E-state index < -0.39 is 5.82 Å². The van der Waals surface area contributed by atoms with Crippen molar-refractivity contribution in [2.45, 2.75) is 38.6 Å². The second-order valence-electron chi connectivity index (χ2n) is 4.55. The Kier molecular flexibility index (Phi) is 7.01. The van der Waals surface area contributed by atoms with Crippen LogP contribution < -0.4 is 10.5 Å². The minimum atomic E-state index is -0.410. The smallest absolute Gasteiger partial charge is 0.305 e. The summed E-state index contributed by atoms with van der Waals surface area (Å²) in [4.78, 5) is 11.2. The molecule has 1 unspecified atom stereocenters. The predicted octanol–water partition coefficient (Wildman–Crippen LogP) is 2.96. The second kappa shape index (κ2) is 8.53. The number of carbonyl (C=O) groups excluding carboxylic acids is 1. The van der Waals surface area contributed by atoms with Crippen LogP contribution in [0.3, 0.4) is 0 Å². The van der Waals surface area contributed by atoms with Crippen molar-refractivity contribution < 1.29 is 18.7 Å². The minimum Gasteiger partial charge on any atom is -0.494 e. The molecule has 0 aliphatic heterocycles. The van der Waals surface area contributed by atoms with Gasteiger partial charge in [-0.1, -0.05) is 12.5 Å². The lowest BCUT2D eigenvalue weighted by Gasteiger charge is -2.13. The Balaban J connectivity index is 2.37. The summed E-state index contributed by atoms with van der Waals surface area (Å²) in [6.07, 6.45) is 2.63. The maximum Gasteiger partial charge on any atom is 0.305 e. The van der Waals surface area contributed by atoms with Crippen LogP contribution in [0.1, 0.15) is 44.2 Å². The highest BCUT2D eigenvalue weighted by Gasteiger charge is 2.10. The lowest BCUT2D eigenvalue weighted by atomic mass is 10.0. The van der Waals surface area contributed by atoms with Gasteiger partial charge in [0.15, 0.2) is 11.6 Å². The molecule has 1 aromatic carbocycles. The van der Waals surface area contributed by atoms with E-state index in [4.69, 9.17) is 15.2 Å². The van der Waals surface area contributed by atoms with Gasteiger partial charge in [-0.15, -0.1) is 0 Å². The van der Waals surface area contributed by atoms with E-state index in [1.165, 1.54) is 13.2 Å². The van der Waals surface area contributed by atoms with Gasteiger partial charge in [-0.2, -0.15) is 0 Å². The highest BCUT2D eigenvalue weighted by Crippen LogP contribution is 2.23. The summed E-state index contributed by atoms with van der Waals surface area (Å²) in [6, 6.07) is 4.49. The maximum atomic E-state index is 13.5. The normalized spacial score (nSPS) is 12.0. The number of esters is 1. The third-order valence-corrected chi connectivity index (χ3v) is 3.06. The maximum absolute atomic E-state index is 13.5. The fourth-order valence-corrected chi connectivity index (χ4v) is 1.95. The third-order valence-electron chi connectivity index (χ3n) is 3.06.